The number of halogens is 1. The van der Waals surface area contributed by atoms with Gasteiger partial charge in [-0.05, 0) is 0 Å². The van der Waals surface area contributed by atoms with Crippen LogP contribution in [0.15, 0.2) is 0 Å². The lowest BCUT2D eigenvalue weighted by Crippen LogP contribution is -2.37. The van der Waals surface area contributed by atoms with Crippen molar-refractivity contribution in [2.45, 2.75) is 6.42 Å². The maximum absolute atomic E-state index is 10.9. The smallest absolute Gasteiger partial charge is 0.338 e. The summed E-state index contributed by atoms with van der Waals surface area (Å²) in [5.74, 6) is 0.172. The second-order valence-electron chi connectivity index (χ2n) is 2.32. The summed E-state index contributed by atoms with van der Waals surface area (Å²) in [5.41, 5.74) is 2.11. The molecule has 0 aromatic heterocycles. The molecule has 0 aliphatic rings. The SMILES string of the molecule is CNC(=O)CCNC(=O)NOCCCl. The molecule has 0 radical (unpaired) electrons. The maximum atomic E-state index is 10.9. The van der Waals surface area contributed by atoms with Crippen molar-refractivity contribution >= 4 is 23.5 Å². The van der Waals surface area contributed by atoms with Crippen molar-refractivity contribution in [2.24, 2.45) is 0 Å². The van der Waals surface area contributed by atoms with Crippen molar-refractivity contribution < 1.29 is 14.4 Å². The van der Waals surface area contributed by atoms with Crippen molar-refractivity contribution in [1.82, 2.24) is 16.1 Å². The number of hydrogen-bond donors (Lipinski definition) is 3. The molecule has 0 aromatic carbocycles. The van der Waals surface area contributed by atoms with E-state index in [-0.39, 0.29) is 25.5 Å². The first-order valence-corrected chi connectivity index (χ1v) is 4.66. The fraction of sp³-hybridized carbons (Fsp3) is 0.714. The maximum Gasteiger partial charge on any atom is 0.338 e. The molecule has 0 fully saturated rings. The van der Waals surface area contributed by atoms with Crippen LogP contribution in [0.25, 0.3) is 0 Å². The molecule has 0 saturated carbocycles. The molecule has 0 atom stereocenters. The quantitative estimate of drug-likeness (QED) is 0.326. The summed E-state index contributed by atoms with van der Waals surface area (Å²) in [6.07, 6.45) is 0.236. The molecule has 3 N–H and O–H groups in total. The minimum absolute atomic E-state index is 0.132. The Bertz CT molecular complexity index is 189. The molecule has 6 nitrogen and oxygen atoms in total. The van der Waals surface area contributed by atoms with E-state index >= 15 is 0 Å². The van der Waals surface area contributed by atoms with Crippen molar-refractivity contribution in [2.75, 3.05) is 26.1 Å². The third-order valence-corrected chi connectivity index (χ3v) is 1.41. The van der Waals surface area contributed by atoms with Crippen molar-refractivity contribution in [3.05, 3.63) is 0 Å². The normalized spacial score (nSPS) is 9.29. The first-order valence-electron chi connectivity index (χ1n) is 4.13. The number of carbonyl (C=O) groups is 2. The molecule has 0 aliphatic heterocycles. The summed E-state index contributed by atoms with van der Waals surface area (Å²) in [6, 6.07) is -0.487. The second kappa shape index (κ2) is 8.58. The highest BCUT2D eigenvalue weighted by atomic mass is 35.5. The number of amides is 3. The Morgan fingerprint density at radius 2 is 2.14 bits per heavy atom. The van der Waals surface area contributed by atoms with Gasteiger partial charge in [0.1, 0.15) is 0 Å². The molecular formula is C7H14ClN3O3. The van der Waals surface area contributed by atoms with E-state index in [1.165, 1.54) is 7.05 Å². The van der Waals surface area contributed by atoms with Gasteiger partial charge in [-0.15, -0.1) is 11.6 Å². The Balaban J connectivity index is 3.31. The minimum Gasteiger partial charge on any atom is -0.359 e. The van der Waals surface area contributed by atoms with E-state index < -0.39 is 6.03 Å². The Hall–Kier alpha value is -1.01. The van der Waals surface area contributed by atoms with Crippen LogP contribution in [0.3, 0.4) is 0 Å². The van der Waals surface area contributed by atoms with E-state index in [4.69, 9.17) is 11.6 Å². The van der Waals surface area contributed by atoms with Gasteiger partial charge in [0.25, 0.3) is 0 Å². The largest absolute Gasteiger partial charge is 0.359 e. The Morgan fingerprint density at radius 1 is 1.43 bits per heavy atom. The average molecular weight is 224 g/mol. The zero-order valence-corrected chi connectivity index (χ0v) is 8.69. The number of rotatable bonds is 6. The standard InChI is InChI=1S/C7H14ClN3O3/c1-9-6(12)2-4-10-7(13)11-14-5-3-8/h2-5H2,1H3,(H,9,12)(H2,10,11,13). The topological polar surface area (TPSA) is 79.5 Å². The van der Waals surface area contributed by atoms with E-state index in [0.717, 1.165) is 0 Å². The summed E-state index contributed by atoms with van der Waals surface area (Å²) >= 11 is 5.30. The molecule has 0 aromatic rings. The highest BCUT2D eigenvalue weighted by molar-refractivity contribution is 6.17. The van der Waals surface area contributed by atoms with E-state index in [0.29, 0.717) is 5.88 Å². The van der Waals surface area contributed by atoms with Gasteiger partial charge in [-0.3, -0.25) is 9.63 Å². The number of carbonyl (C=O) groups excluding carboxylic acids is 2. The zero-order valence-electron chi connectivity index (χ0n) is 7.93. The van der Waals surface area contributed by atoms with Crippen molar-refractivity contribution in [3.8, 4) is 0 Å². The third kappa shape index (κ3) is 7.63. The van der Waals surface area contributed by atoms with Crippen LogP contribution < -0.4 is 16.1 Å². The molecule has 7 heteroatoms. The summed E-state index contributed by atoms with van der Waals surface area (Å²) in [7, 11) is 1.53. The summed E-state index contributed by atoms with van der Waals surface area (Å²) in [5, 5.41) is 4.86. The van der Waals surface area contributed by atoms with Crippen LogP contribution in [0.4, 0.5) is 4.79 Å². The van der Waals surface area contributed by atoms with Crippen LogP contribution in [0.5, 0.6) is 0 Å². The molecule has 0 aliphatic carbocycles. The Labute approximate surface area is 87.3 Å². The van der Waals surface area contributed by atoms with Crippen LogP contribution in [0.2, 0.25) is 0 Å². The Kier molecular flexibility index (Phi) is 7.96. The number of hydrogen-bond acceptors (Lipinski definition) is 3. The van der Waals surface area contributed by atoms with E-state index in [1.807, 2.05) is 0 Å². The fourth-order valence-electron chi connectivity index (χ4n) is 0.606. The van der Waals surface area contributed by atoms with E-state index in [9.17, 15) is 9.59 Å². The van der Waals surface area contributed by atoms with Gasteiger partial charge in [-0.25, -0.2) is 10.3 Å². The van der Waals surface area contributed by atoms with Crippen molar-refractivity contribution in [3.63, 3.8) is 0 Å². The zero-order chi connectivity index (χ0) is 10.8. The monoisotopic (exact) mass is 223 g/mol. The third-order valence-electron chi connectivity index (χ3n) is 1.26. The van der Waals surface area contributed by atoms with Gasteiger partial charge in [0.2, 0.25) is 5.91 Å². The molecular weight excluding hydrogens is 210 g/mol. The summed E-state index contributed by atoms with van der Waals surface area (Å²) in [4.78, 5) is 26.2. The molecule has 3 amide bonds. The van der Waals surface area contributed by atoms with E-state index in [2.05, 4.69) is 21.0 Å². The molecule has 14 heavy (non-hydrogen) atoms. The summed E-state index contributed by atoms with van der Waals surface area (Å²) in [6.45, 7) is 0.500. The summed E-state index contributed by atoms with van der Waals surface area (Å²) < 4.78 is 0. The van der Waals surface area contributed by atoms with Crippen LogP contribution in [0, 0.1) is 0 Å². The lowest BCUT2D eigenvalue weighted by Gasteiger charge is -2.05. The lowest BCUT2D eigenvalue weighted by atomic mass is 10.4. The molecule has 82 valence electrons. The lowest BCUT2D eigenvalue weighted by molar-refractivity contribution is -0.120. The molecule has 0 unspecified atom stereocenters. The van der Waals surface area contributed by atoms with Gasteiger partial charge in [-0.1, -0.05) is 0 Å². The number of alkyl halides is 1. The highest BCUT2D eigenvalue weighted by Crippen LogP contribution is 1.77. The van der Waals surface area contributed by atoms with Gasteiger partial charge in [0, 0.05) is 25.9 Å². The molecule has 0 spiro atoms. The van der Waals surface area contributed by atoms with Gasteiger partial charge in [-0.2, -0.15) is 0 Å². The van der Waals surface area contributed by atoms with E-state index in [1.54, 1.807) is 0 Å². The van der Waals surface area contributed by atoms with Gasteiger partial charge in [0.05, 0.1) is 6.61 Å². The van der Waals surface area contributed by atoms with Gasteiger partial charge >= 0.3 is 6.03 Å². The second-order valence-corrected chi connectivity index (χ2v) is 2.70. The number of hydroxylamine groups is 1. The van der Waals surface area contributed by atoms with Crippen LogP contribution in [-0.4, -0.2) is 38.0 Å². The first kappa shape index (κ1) is 13.0. The highest BCUT2D eigenvalue weighted by Gasteiger charge is 2.01. The van der Waals surface area contributed by atoms with Gasteiger partial charge in [0.15, 0.2) is 0 Å². The molecule has 0 bridgehead atoms. The number of urea groups is 1. The predicted molar refractivity (Wildman–Crippen MR) is 51.9 cm³/mol. The molecule has 0 heterocycles. The fourth-order valence-corrected chi connectivity index (χ4v) is 0.683. The van der Waals surface area contributed by atoms with Crippen molar-refractivity contribution in [1.29, 1.82) is 0 Å². The molecule has 0 saturated heterocycles. The first-order chi connectivity index (χ1) is 6.70. The van der Waals surface area contributed by atoms with Crippen LogP contribution in [0.1, 0.15) is 6.42 Å². The predicted octanol–water partition coefficient (Wildman–Crippen LogP) is -0.408. The number of nitrogens with one attached hydrogen (secondary N) is 3. The van der Waals surface area contributed by atoms with Crippen LogP contribution in [-0.2, 0) is 9.63 Å². The van der Waals surface area contributed by atoms with Gasteiger partial charge < -0.3 is 10.6 Å². The average Bonchev–Trinajstić information content (AvgIpc) is 2.18. The Morgan fingerprint density at radius 3 is 2.71 bits per heavy atom. The van der Waals surface area contributed by atoms with Crippen LogP contribution >= 0.6 is 11.6 Å². The molecule has 0 rings (SSSR count). The minimum atomic E-state index is -0.487.